The summed E-state index contributed by atoms with van der Waals surface area (Å²) < 4.78 is 49.4. The van der Waals surface area contributed by atoms with Gasteiger partial charge in [-0.3, -0.25) is 0 Å². The molecule has 0 fully saturated rings. The number of aromatic nitrogens is 1. The highest BCUT2D eigenvalue weighted by Crippen LogP contribution is 2.30. The first-order valence-electron chi connectivity index (χ1n) is 9.88. The molecule has 0 bridgehead atoms. The van der Waals surface area contributed by atoms with Crippen LogP contribution in [0, 0.1) is 6.92 Å². The monoisotopic (exact) mass is 476 g/mol. The molecule has 0 saturated heterocycles. The van der Waals surface area contributed by atoms with Crippen molar-refractivity contribution in [2.24, 2.45) is 0 Å². The Hall–Kier alpha value is -2.12. The van der Waals surface area contributed by atoms with Gasteiger partial charge in [0, 0.05) is 12.7 Å². The minimum atomic E-state index is -4.38. The van der Waals surface area contributed by atoms with E-state index in [0.717, 1.165) is 54.2 Å². The predicted octanol–water partition coefficient (Wildman–Crippen LogP) is 6.94. The van der Waals surface area contributed by atoms with Crippen molar-refractivity contribution < 1.29 is 22.6 Å². The third kappa shape index (κ3) is 8.50. The predicted molar refractivity (Wildman–Crippen MR) is 118 cm³/mol. The molecule has 1 N–H and O–H groups in total. The van der Waals surface area contributed by atoms with Gasteiger partial charge in [-0.2, -0.15) is 13.2 Å². The molecule has 1 heterocycles. The number of anilines is 1. The Kier molecular flexibility index (Phi) is 9.78. The van der Waals surface area contributed by atoms with Gasteiger partial charge in [0.2, 0.25) is 0 Å². The highest BCUT2D eigenvalue weighted by Gasteiger charge is 2.30. The van der Waals surface area contributed by atoms with Crippen LogP contribution in [0.4, 0.5) is 19.0 Å². The molecule has 2 rings (SSSR count). The molecule has 0 atom stereocenters. The number of pyridine rings is 1. The number of ether oxygens (including phenoxy) is 2. The summed E-state index contributed by atoms with van der Waals surface area (Å²) in [4.78, 5) is 3.79. The van der Waals surface area contributed by atoms with Gasteiger partial charge in [0.15, 0.2) is 0 Å². The van der Waals surface area contributed by atoms with E-state index in [-0.39, 0.29) is 11.1 Å². The lowest BCUT2D eigenvalue weighted by atomic mass is 10.1. The van der Waals surface area contributed by atoms with Crippen molar-refractivity contribution in [1.29, 1.82) is 0 Å². The number of rotatable bonds is 11. The normalized spacial score (nSPS) is 11.2. The zero-order chi connectivity index (χ0) is 22.9. The minimum absolute atomic E-state index is 0.163. The maximum Gasteiger partial charge on any atom is 0.417 e. The molecule has 0 aliphatic rings. The number of unbranched alkanes of at least 4 members (excludes halogenated alkanes) is 1. The van der Waals surface area contributed by atoms with Crippen molar-refractivity contribution in [3.63, 3.8) is 0 Å². The van der Waals surface area contributed by atoms with Crippen molar-refractivity contribution >= 4 is 29.0 Å². The van der Waals surface area contributed by atoms with Crippen LogP contribution in [0.5, 0.6) is 11.5 Å². The number of aryl methyl sites for hydroxylation is 2. The van der Waals surface area contributed by atoms with Gasteiger partial charge in [-0.05, 0) is 67.7 Å². The number of alkyl halides is 3. The summed E-state index contributed by atoms with van der Waals surface area (Å²) in [5.74, 6) is 1.98. The zero-order valence-corrected chi connectivity index (χ0v) is 18.9. The van der Waals surface area contributed by atoms with E-state index in [1.807, 2.05) is 26.0 Å². The molecular weight excluding hydrogens is 452 g/mol. The Morgan fingerprint density at radius 3 is 2.55 bits per heavy atom. The van der Waals surface area contributed by atoms with Crippen molar-refractivity contribution in [3.8, 4) is 11.5 Å². The Morgan fingerprint density at radius 2 is 1.94 bits per heavy atom. The number of benzene rings is 1. The molecule has 0 amide bonds. The van der Waals surface area contributed by atoms with Gasteiger partial charge in [-0.25, -0.2) is 4.98 Å². The lowest BCUT2D eigenvalue weighted by molar-refractivity contribution is -0.137. The van der Waals surface area contributed by atoms with E-state index in [0.29, 0.717) is 19.0 Å². The molecule has 4 nitrogen and oxygen atoms in total. The molecule has 0 unspecified atom stereocenters. The summed E-state index contributed by atoms with van der Waals surface area (Å²) >= 11 is 11.2. The van der Waals surface area contributed by atoms with E-state index in [2.05, 4.69) is 10.3 Å². The van der Waals surface area contributed by atoms with Crippen LogP contribution in [-0.2, 0) is 12.6 Å². The van der Waals surface area contributed by atoms with Crippen molar-refractivity contribution in [2.75, 3.05) is 25.1 Å². The maximum absolute atomic E-state index is 12.5. The minimum Gasteiger partial charge on any atom is -0.493 e. The summed E-state index contributed by atoms with van der Waals surface area (Å²) in [5, 5.41) is 3.02. The molecule has 9 heteroatoms. The number of hydrogen-bond acceptors (Lipinski definition) is 4. The second-order valence-corrected chi connectivity index (χ2v) is 7.81. The number of hydrogen-bond donors (Lipinski definition) is 1. The van der Waals surface area contributed by atoms with Crippen molar-refractivity contribution in [1.82, 2.24) is 4.98 Å². The van der Waals surface area contributed by atoms with Crippen molar-refractivity contribution in [3.05, 3.63) is 57.7 Å². The zero-order valence-electron chi connectivity index (χ0n) is 17.4. The molecule has 0 spiro atoms. The highest BCUT2D eigenvalue weighted by molar-refractivity contribution is 6.55. The van der Waals surface area contributed by atoms with Crippen LogP contribution in [0.15, 0.2) is 41.0 Å². The van der Waals surface area contributed by atoms with Gasteiger partial charge in [0.25, 0.3) is 0 Å². The van der Waals surface area contributed by atoms with E-state index < -0.39 is 11.7 Å². The lowest BCUT2D eigenvalue weighted by Gasteiger charge is -2.16. The lowest BCUT2D eigenvalue weighted by Crippen LogP contribution is -2.09. The number of nitrogens with one attached hydrogen (secondary N) is 1. The van der Waals surface area contributed by atoms with Gasteiger partial charge in [-0.15, -0.1) is 0 Å². The van der Waals surface area contributed by atoms with Gasteiger partial charge in [-0.1, -0.05) is 30.1 Å². The summed E-state index contributed by atoms with van der Waals surface area (Å²) in [5.41, 5.74) is 1.26. The molecule has 0 aliphatic carbocycles. The maximum atomic E-state index is 12.5. The van der Waals surface area contributed by atoms with Crippen LogP contribution in [-0.4, -0.2) is 24.7 Å². The molecule has 170 valence electrons. The smallest absolute Gasteiger partial charge is 0.417 e. The largest absolute Gasteiger partial charge is 0.493 e. The number of nitrogens with zero attached hydrogens (tertiary/aromatic N) is 1. The van der Waals surface area contributed by atoms with E-state index >= 15 is 0 Å². The van der Waals surface area contributed by atoms with E-state index in [4.69, 9.17) is 32.7 Å². The Bertz CT molecular complexity index is 868. The van der Waals surface area contributed by atoms with Crippen LogP contribution in [0.1, 0.15) is 36.5 Å². The van der Waals surface area contributed by atoms with Gasteiger partial charge in [0.1, 0.15) is 28.4 Å². The Morgan fingerprint density at radius 1 is 1.16 bits per heavy atom. The van der Waals surface area contributed by atoms with E-state index in [1.54, 1.807) is 6.08 Å². The fourth-order valence-electron chi connectivity index (χ4n) is 2.85. The first kappa shape index (κ1) is 25.1. The molecule has 31 heavy (non-hydrogen) atoms. The summed E-state index contributed by atoms with van der Waals surface area (Å²) in [7, 11) is 0. The average molecular weight is 477 g/mol. The average Bonchev–Trinajstić information content (AvgIpc) is 2.70. The fraction of sp³-hybridized carbons (Fsp3) is 0.409. The molecule has 0 saturated carbocycles. The topological polar surface area (TPSA) is 43.4 Å². The second kappa shape index (κ2) is 12.1. The molecule has 0 aliphatic heterocycles. The first-order valence-corrected chi connectivity index (χ1v) is 10.6. The second-order valence-electron chi connectivity index (χ2n) is 6.80. The van der Waals surface area contributed by atoms with Gasteiger partial charge >= 0.3 is 6.18 Å². The van der Waals surface area contributed by atoms with Gasteiger partial charge < -0.3 is 14.8 Å². The Labute approximate surface area is 190 Å². The Balaban J connectivity index is 1.78. The summed E-state index contributed by atoms with van der Waals surface area (Å²) in [6.45, 7) is 5.41. The summed E-state index contributed by atoms with van der Waals surface area (Å²) in [6.07, 6.45) is 0.388. The third-order valence-corrected chi connectivity index (χ3v) is 4.72. The quantitative estimate of drug-likeness (QED) is 0.356. The fourth-order valence-corrected chi connectivity index (χ4v) is 2.97. The van der Waals surface area contributed by atoms with Gasteiger partial charge in [0.05, 0.1) is 12.2 Å². The SMILES string of the molecule is CCc1cc(OCC=C(Cl)Cl)cc(C)c1OCCCCNc1ccc(C(F)(F)F)cn1. The third-order valence-electron chi connectivity index (χ3n) is 4.41. The molecule has 1 aromatic heterocycles. The molecule has 1 aromatic carbocycles. The number of halogens is 5. The highest BCUT2D eigenvalue weighted by atomic mass is 35.5. The van der Waals surface area contributed by atoms with Crippen LogP contribution in [0.25, 0.3) is 0 Å². The molecular formula is C22H25Cl2F3N2O2. The van der Waals surface area contributed by atoms with Crippen LogP contribution in [0.3, 0.4) is 0 Å². The molecule has 0 radical (unpaired) electrons. The van der Waals surface area contributed by atoms with Crippen molar-refractivity contribution in [2.45, 2.75) is 39.3 Å². The summed E-state index contributed by atoms with van der Waals surface area (Å²) in [6, 6.07) is 6.19. The van der Waals surface area contributed by atoms with E-state index in [1.165, 1.54) is 6.07 Å². The standard InChI is InChI=1S/C22H25Cl2F3N2O2/c1-3-16-13-18(30-11-8-19(23)24)12-15(2)21(16)31-10-5-4-9-28-20-7-6-17(14-29-20)22(25,26)27/h6-8,12-14H,3-5,9-11H2,1-2H3,(H,28,29). The van der Waals surface area contributed by atoms with Crippen LogP contribution >= 0.6 is 23.2 Å². The van der Waals surface area contributed by atoms with Crippen LogP contribution in [0.2, 0.25) is 0 Å². The van der Waals surface area contributed by atoms with Crippen LogP contribution < -0.4 is 14.8 Å². The molecule has 2 aromatic rings. The van der Waals surface area contributed by atoms with E-state index in [9.17, 15) is 13.2 Å². The first-order chi connectivity index (χ1) is 14.7.